The number of halogens is 1. The van der Waals surface area contributed by atoms with E-state index >= 15 is 0 Å². The van der Waals surface area contributed by atoms with Crippen molar-refractivity contribution in [3.8, 4) is 17.0 Å². The largest absolute Gasteiger partial charge is 0.486 e. The molecule has 0 aliphatic carbocycles. The number of ether oxygens (including phenoxy) is 1. The van der Waals surface area contributed by atoms with Crippen LogP contribution in [-0.2, 0) is 12.8 Å². The molecule has 156 valence electrons. The summed E-state index contributed by atoms with van der Waals surface area (Å²) >= 11 is 7.96. The van der Waals surface area contributed by atoms with Crippen LogP contribution in [0.25, 0.3) is 11.3 Å². The predicted octanol–water partition coefficient (Wildman–Crippen LogP) is 4.19. The van der Waals surface area contributed by atoms with E-state index in [1.807, 2.05) is 31.4 Å². The van der Waals surface area contributed by atoms with E-state index in [-0.39, 0.29) is 17.7 Å². The minimum atomic E-state index is -0.280. The van der Waals surface area contributed by atoms with Crippen LogP contribution in [0.15, 0.2) is 40.1 Å². The van der Waals surface area contributed by atoms with Gasteiger partial charge in [-0.15, -0.1) is 0 Å². The highest BCUT2D eigenvalue weighted by molar-refractivity contribution is 7.98. The van der Waals surface area contributed by atoms with E-state index in [1.54, 1.807) is 12.3 Å². The summed E-state index contributed by atoms with van der Waals surface area (Å²) < 4.78 is 11.1. The number of nitrogens with zero attached hydrogens (tertiary/aromatic N) is 3. The number of amides is 1. The van der Waals surface area contributed by atoms with Gasteiger partial charge < -0.3 is 14.6 Å². The standard InChI is InChI=1S/C21H21ClN4O3S/c1-3-4-14-10-18(26-29-14)20(27)24-11-15-8-13-7-12(9-16(22)19(13)28-15)17-5-6-23-21(25-17)30-2/h5-7,9-10,15H,3-4,8,11H2,1-2H3,(H,24,27)/t15-/m1/s1. The van der Waals surface area contributed by atoms with Crippen LogP contribution in [0.1, 0.15) is 35.2 Å². The van der Waals surface area contributed by atoms with Gasteiger partial charge in [0, 0.05) is 36.2 Å². The summed E-state index contributed by atoms with van der Waals surface area (Å²) in [5.41, 5.74) is 3.00. The van der Waals surface area contributed by atoms with E-state index in [2.05, 4.69) is 20.4 Å². The van der Waals surface area contributed by atoms with Gasteiger partial charge in [-0.05, 0) is 30.9 Å². The number of nitrogens with one attached hydrogen (secondary N) is 1. The van der Waals surface area contributed by atoms with Crippen molar-refractivity contribution in [1.29, 1.82) is 0 Å². The van der Waals surface area contributed by atoms with E-state index in [4.69, 9.17) is 20.9 Å². The monoisotopic (exact) mass is 444 g/mol. The Kier molecular flexibility index (Phi) is 6.24. The zero-order valence-corrected chi connectivity index (χ0v) is 18.2. The normalized spacial score (nSPS) is 15.0. The topological polar surface area (TPSA) is 90.1 Å². The Morgan fingerprint density at radius 2 is 2.23 bits per heavy atom. The summed E-state index contributed by atoms with van der Waals surface area (Å²) in [5, 5.41) is 7.92. The molecule has 2 aromatic heterocycles. The second-order valence-electron chi connectivity index (χ2n) is 6.96. The van der Waals surface area contributed by atoms with Gasteiger partial charge >= 0.3 is 0 Å². The number of fused-ring (bicyclic) bond motifs is 1. The Labute approximate surface area is 183 Å². The molecule has 0 bridgehead atoms. The lowest BCUT2D eigenvalue weighted by Gasteiger charge is -2.11. The number of benzene rings is 1. The maximum absolute atomic E-state index is 12.3. The van der Waals surface area contributed by atoms with Crippen molar-refractivity contribution in [3.05, 3.63) is 52.5 Å². The van der Waals surface area contributed by atoms with E-state index in [1.165, 1.54) is 11.8 Å². The molecule has 1 amide bonds. The van der Waals surface area contributed by atoms with Gasteiger partial charge in [0.25, 0.3) is 5.91 Å². The van der Waals surface area contributed by atoms with Gasteiger partial charge in [0.05, 0.1) is 17.3 Å². The van der Waals surface area contributed by atoms with Crippen LogP contribution in [0.2, 0.25) is 5.02 Å². The van der Waals surface area contributed by atoms with Crippen molar-refractivity contribution >= 4 is 29.3 Å². The first kappa shape index (κ1) is 20.7. The minimum absolute atomic E-state index is 0.203. The summed E-state index contributed by atoms with van der Waals surface area (Å²) in [6.07, 6.45) is 5.80. The molecule has 3 heterocycles. The van der Waals surface area contributed by atoms with Gasteiger partial charge in [-0.1, -0.05) is 35.4 Å². The van der Waals surface area contributed by atoms with E-state index in [0.29, 0.717) is 34.7 Å². The Morgan fingerprint density at radius 3 is 3.03 bits per heavy atom. The summed E-state index contributed by atoms with van der Waals surface area (Å²) in [4.78, 5) is 21.1. The maximum Gasteiger partial charge on any atom is 0.273 e. The molecule has 1 aromatic carbocycles. The Bertz CT molecular complexity index is 1070. The van der Waals surface area contributed by atoms with Gasteiger partial charge in [0.15, 0.2) is 10.9 Å². The number of aryl methyl sites for hydroxylation is 1. The number of hydrogen-bond donors (Lipinski definition) is 1. The first-order valence-electron chi connectivity index (χ1n) is 9.67. The van der Waals surface area contributed by atoms with Crippen molar-refractivity contribution in [2.45, 2.75) is 37.4 Å². The van der Waals surface area contributed by atoms with Gasteiger partial charge in [-0.25, -0.2) is 9.97 Å². The highest BCUT2D eigenvalue weighted by Gasteiger charge is 2.27. The SMILES string of the molecule is CCCc1cc(C(=O)NC[C@H]2Cc3cc(-c4ccnc(SC)n4)cc(Cl)c3O2)no1. The number of rotatable bonds is 7. The molecule has 1 N–H and O–H groups in total. The number of aromatic nitrogens is 3. The van der Waals surface area contributed by atoms with Gasteiger partial charge in [-0.3, -0.25) is 4.79 Å². The molecule has 30 heavy (non-hydrogen) atoms. The molecular weight excluding hydrogens is 424 g/mol. The average molecular weight is 445 g/mol. The highest BCUT2D eigenvalue weighted by atomic mass is 35.5. The lowest BCUT2D eigenvalue weighted by Crippen LogP contribution is -2.34. The minimum Gasteiger partial charge on any atom is -0.486 e. The zero-order valence-electron chi connectivity index (χ0n) is 16.6. The lowest BCUT2D eigenvalue weighted by molar-refractivity contribution is 0.0924. The molecule has 1 atom stereocenters. The number of carbonyl (C=O) groups excluding carboxylic acids is 1. The molecule has 7 nitrogen and oxygen atoms in total. The quantitative estimate of drug-likeness (QED) is 0.431. The fourth-order valence-electron chi connectivity index (χ4n) is 3.33. The Balaban J connectivity index is 1.42. The zero-order chi connectivity index (χ0) is 21.1. The van der Waals surface area contributed by atoms with E-state index in [9.17, 15) is 4.79 Å². The third-order valence-electron chi connectivity index (χ3n) is 4.74. The molecule has 1 aliphatic rings. The molecule has 0 fully saturated rings. The predicted molar refractivity (Wildman–Crippen MR) is 115 cm³/mol. The summed E-state index contributed by atoms with van der Waals surface area (Å²) in [6, 6.07) is 7.41. The van der Waals surface area contributed by atoms with Crippen molar-refractivity contribution in [1.82, 2.24) is 20.4 Å². The first-order valence-corrected chi connectivity index (χ1v) is 11.3. The van der Waals surface area contributed by atoms with E-state index < -0.39 is 0 Å². The van der Waals surface area contributed by atoms with Crippen LogP contribution in [-0.4, -0.2) is 39.9 Å². The van der Waals surface area contributed by atoms with E-state index in [0.717, 1.165) is 29.7 Å². The molecule has 0 saturated carbocycles. The summed E-state index contributed by atoms with van der Waals surface area (Å²) in [6.45, 7) is 2.39. The fraction of sp³-hybridized carbons (Fsp3) is 0.333. The van der Waals surface area contributed by atoms with Crippen LogP contribution in [0.5, 0.6) is 5.75 Å². The Morgan fingerprint density at radius 1 is 1.37 bits per heavy atom. The fourth-order valence-corrected chi connectivity index (χ4v) is 3.97. The molecule has 1 aliphatic heterocycles. The molecule has 4 rings (SSSR count). The first-order chi connectivity index (χ1) is 14.6. The highest BCUT2D eigenvalue weighted by Crippen LogP contribution is 2.39. The van der Waals surface area contributed by atoms with Gasteiger partial charge in [0.2, 0.25) is 0 Å². The number of carbonyl (C=O) groups is 1. The maximum atomic E-state index is 12.3. The molecule has 0 spiro atoms. The van der Waals surface area contributed by atoms with Gasteiger partial charge in [0.1, 0.15) is 17.6 Å². The van der Waals surface area contributed by atoms with Crippen molar-refractivity contribution in [2.75, 3.05) is 12.8 Å². The van der Waals surface area contributed by atoms with Crippen LogP contribution in [0, 0.1) is 0 Å². The summed E-state index contributed by atoms with van der Waals surface area (Å²) in [7, 11) is 0. The van der Waals surface area contributed by atoms with Crippen LogP contribution >= 0.6 is 23.4 Å². The number of thioether (sulfide) groups is 1. The third kappa shape index (κ3) is 4.44. The third-order valence-corrected chi connectivity index (χ3v) is 5.59. The average Bonchev–Trinajstić information content (AvgIpc) is 3.39. The van der Waals surface area contributed by atoms with Crippen molar-refractivity contribution < 1.29 is 14.1 Å². The van der Waals surface area contributed by atoms with Gasteiger partial charge in [-0.2, -0.15) is 0 Å². The lowest BCUT2D eigenvalue weighted by atomic mass is 10.0. The second kappa shape index (κ2) is 9.06. The smallest absolute Gasteiger partial charge is 0.273 e. The number of hydrogen-bond acceptors (Lipinski definition) is 7. The van der Waals surface area contributed by atoms with Crippen LogP contribution in [0.4, 0.5) is 0 Å². The van der Waals surface area contributed by atoms with Crippen molar-refractivity contribution in [3.63, 3.8) is 0 Å². The molecule has 0 saturated heterocycles. The molecule has 3 aromatic rings. The second-order valence-corrected chi connectivity index (χ2v) is 8.14. The molecular formula is C21H21ClN4O3S. The van der Waals surface area contributed by atoms with Crippen molar-refractivity contribution in [2.24, 2.45) is 0 Å². The van der Waals surface area contributed by atoms with Crippen LogP contribution in [0.3, 0.4) is 0 Å². The Hall–Kier alpha value is -2.58. The molecule has 0 unspecified atom stereocenters. The van der Waals surface area contributed by atoms with Crippen LogP contribution < -0.4 is 10.1 Å². The molecule has 9 heteroatoms. The summed E-state index contributed by atoms with van der Waals surface area (Å²) in [5.74, 6) is 1.09. The molecule has 0 radical (unpaired) electrons.